The summed E-state index contributed by atoms with van der Waals surface area (Å²) in [5.74, 6) is -0.462. The van der Waals surface area contributed by atoms with Crippen LogP contribution in [0.25, 0.3) is 0 Å². The van der Waals surface area contributed by atoms with Gasteiger partial charge in [-0.05, 0) is 12.8 Å². The molecule has 0 radical (unpaired) electrons. The van der Waals surface area contributed by atoms with Gasteiger partial charge in [-0.15, -0.1) is 0 Å². The highest BCUT2D eigenvalue weighted by molar-refractivity contribution is 5.89. The Morgan fingerprint density at radius 1 is 0.435 bits per heavy atom. The van der Waals surface area contributed by atoms with Crippen LogP contribution < -0.4 is 9.13 Å². The average Bonchev–Trinajstić information content (AvgIpc) is 3.08. The Kier molecular flexibility index (Phi) is 23.4. The molecule has 6 heteroatoms. The molecule has 0 saturated heterocycles. The number of hydrogen-bond acceptors (Lipinski definition) is 4. The van der Waals surface area contributed by atoms with E-state index in [1.54, 1.807) is 0 Å². The molecule has 258 valence electrons. The molecule has 0 spiro atoms. The molecule has 2 rings (SSSR count). The fraction of sp³-hybridized carbons (Fsp3) is 0.700. The molecule has 2 aromatic heterocycles. The number of aromatic nitrogens is 2. The van der Waals surface area contributed by atoms with E-state index in [1.807, 2.05) is 49.1 Å². The summed E-state index contributed by atoms with van der Waals surface area (Å²) in [6, 6.07) is 7.40. The summed E-state index contributed by atoms with van der Waals surface area (Å²) in [5.41, 5.74) is 1.22. The lowest BCUT2D eigenvalue weighted by Crippen LogP contribution is -2.35. The Morgan fingerprint density at radius 2 is 0.717 bits per heavy atom. The lowest BCUT2D eigenvalue weighted by atomic mass is 10.1. The second-order valence-corrected chi connectivity index (χ2v) is 13.0. The summed E-state index contributed by atoms with van der Waals surface area (Å²) in [4.78, 5) is 24.8. The summed E-state index contributed by atoms with van der Waals surface area (Å²) in [7, 11) is 0. The molecule has 0 aliphatic carbocycles. The highest BCUT2D eigenvalue weighted by Gasteiger charge is 2.12. The third kappa shape index (κ3) is 19.7. The second-order valence-electron chi connectivity index (χ2n) is 13.0. The lowest BCUT2D eigenvalue weighted by molar-refractivity contribution is -0.708. The van der Waals surface area contributed by atoms with Gasteiger partial charge in [0.15, 0.2) is 24.8 Å². The number of rotatable bonds is 29. The first-order chi connectivity index (χ1) is 22.6. The Morgan fingerprint density at radius 3 is 1.02 bits per heavy atom. The predicted molar refractivity (Wildman–Crippen MR) is 187 cm³/mol. The van der Waals surface area contributed by atoms with Gasteiger partial charge in [-0.2, -0.15) is 0 Å². The number of unbranched alkanes of at least 4 members (excludes halogenated alkanes) is 19. The van der Waals surface area contributed by atoms with Gasteiger partial charge in [0.1, 0.15) is 13.1 Å². The van der Waals surface area contributed by atoms with Crippen molar-refractivity contribution in [1.82, 2.24) is 0 Å². The monoisotopic (exact) mass is 639 g/mol. The molecule has 0 bridgehead atoms. The van der Waals surface area contributed by atoms with Crippen LogP contribution in [0.4, 0.5) is 0 Å². The number of hydrogen-bond donors (Lipinski definition) is 0. The molecule has 0 atom stereocenters. The highest BCUT2D eigenvalue weighted by Crippen LogP contribution is 2.12. The minimum atomic E-state index is -0.231. The zero-order chi connectivity index (χ0) is 32.9. The molecule has 0 fully saturated rings. The van der Waals surface area contributed by atoms with Crippen LogP contribution in [0.2, 0.25) is 0 Å². The largest absolute Gasteiger partial charge is 0.462 e. The Hall–Kier alpha value is -2.76. The van der Waals surface area contributed by atoms with Gasteiger partial charge >= 0.3 is 11.9 Å². The molecule has 0 aliphatic heterocycles. The van der Waals surface area contributed by atoms with Gasteiger partial charge in [-0.1, -0.05) is 129 Å². The summed E-state index contributed by atoms with van der Waals surface area (Å²) in [6.07, 6.45) is 35.3. The van der Waals surface area contributed by atoms with E-state index in [-0.39, 0.29) is 11.9 Å². The van der Waals surface area contributed by atoms with E-state index in [4.69, 9.17) is 9.47 Å². The number of nitrogens with zero attached hydrogens (tertiary/aromatic N) is 2. The van der Waals surface area contributed by atoms with Crippen LogP contribution in [0.1, 0.15) is 176 Å². The molecule has 0 aliphatic rings. The maximum absolute atomic E-state index is 12.4. The molecule has 2 aromatic rings. The van der Waals surface area contributed by atoms with Gasteiger partial charge < -0.3 is 9.47 Å². The summed E-state index contributed by atoms with van der Waals surface area (Å²) < 4.78 is 15.2. The maximum atomic E-state index is 12.4. The van der Waals surface area contributed by atoms with Crippen LogP contribution in [0.3, 0.4) is 0 Å². The zero-order valence-corrected chi connectivity index (χ0v) is 29.5. The lowest BCUT2D eigenvalue weighted by Gasteiger charge is -2.05. The van der Waals surface area contributed by atoms with E-state index in [0.29, 0.717) is 24.3 Å². The second kappa shape index (κ2) is 27.4. The van der Waals surface area contributed by atoms with Gasteiger partial charge in [-0.25, -0.2) is 18.7 Å². The molecular weight excluding hydrogens is 572 g/mol. The Bertz CT molecular complexity index is 939. The summed E-state index contributed by atoms with van der Waals surface area (Å²) in [5, 5.41) is 0. The topological polar surface area (TPSA) is 60.4 Å². The van der Waals surface area contributed by atoms with E-state index >= 15 is 0 Å². The quantitative estimate of drug-likeness (QED) is 0.0506. The van der Waals surface area contributed by atoms with E-state index in [1.165, 1.54) is 103 Å². The first kappa shape index (κ1) is 39.4. The smallest absolute Gasteiger partial charge is 0.338 e. The van der Waals surface area contributed by atoms with Crippen molar-refractivity contribution in [3.8, 4) is 0 Å². The molecule has 0 saturated carbocycles. The molecule has 0 unspecified atom stereocenters. The van der Waals surface area contributed by atoms with E-state index in [0.717, 1.165) is 51.6 Å². The van der Waals surface area contributed by atoms with Crippen molar-refractivity contribution in [3.63, 3.8) is 0 Å². The van der Waals surface area contributed by atoms with Crippen LogP contribution in [-0.2, 0) is 22.6 Å². The molecule has 0 aromatic carbocycles. The first-order valence-electron chi connectivity index (χ1n) is 19.0. The zero-order valence-electron chi connectivity index (χ0n) is 29.5. The van der Waals surface area contributed by atoms with Gasteiger partial charge in [0, 0.05) is 37.1 Å². The minimum Gasteiger partial charge on any atom is -0.462 e. The summed E-state index contributed by atoms with van der Waals surface area (Å²) >= 11 is 0. The van der Waals surface area contributed by atoms with Gasteiger partial charge in [0.2, 0.25) is 0 Å². The van der Waals surface area contributed by atoms with Crippen molar-refractivity contribution in [1.29, 1.82) is 0 Å². The van der Waals surface area contributed by atoms with Crippen molar-refractivity contribution in [3.05, 3.63) is 60.2 Å². The van der Waals surface area contributed by atoms with Gasteiger partial charge in [-0.3, -0.25) is 0 Å². The first-order valence-corrected chi connectivity index (χ1v) is 19.0. The number of esters is 2. The fourth-order valence-corrected chi connectivity index (χ4v) is 5.75. The van der Waals surface area contributed by atoms with Crippen molar-refractivity contribution >= 4 is 11.9 Å². The van der Waals surface area contributed by atoms with Crippen LogP contribution in [0, 0.1) is 0 Å². The number of pyridine rings is 2. The van der Waals surface area contributed by atoms with Crippen molar-refractivity contribution in [2.24, 2.45) is 0 Å². The van der Waals surface area contributed by atoms with Crippen molar-refractivity contribution in [2.75, 3.05) is 13.2 Å². The Balaban J connectivity index is 1.49. The Labute approximate surface area is 281 Å². The van der Waals surface area contributed by atoms with Gasteiger partial charge in [0.05, 0.1) is 24.3 Å². The van der Waals surface area contributed by atoms with Crippen molar-refractivity contribution < 1.29 is 28.2 Å². The molecule has 0 amide bonds. The number of carbonyl (C=O) groups is 2. The SMILES string of the molecule is CCCCCCCCCCCCOC(=O)c1cc[n+](CCCC[n+]2ccc(C(=O)OCCCCCCCCCCCC)cc2)cc1. The molecular formula is C40H66N2O4+2. The molecule has 2 heterocycles. The van der Waals surface area contributed by atoms with E-state index in [2.05, 4.69) is 23.0 Å². The van der Waals surface area contributed by atoms with E-state index in [9.17, 15) is 9.59 Å². The molecule has 6 nitrogen and oxygen atoms in total. The average molecular weight is 639 g/mol. The van der Waals surface area contributed by atoms with Crippen LogP contribution in [0.15, 0.2) is 49.1 Å². The van der Waals surface area contributed by atoms with Crippen LogP contribution >= 0.6 is 0 Å². The van der Waals surface area contributed by atoms with Crippen molar-refractivity contribution in [2.45, 2.75) is 168 Å². The third-order valence-electron chi connectivity index (χ3n) is 8.80. The number of ether oxygens (including phenoxy) is 2. The van der Waals surface area contributed by atoms with E-state index < -0.39 is 0 Å². The third-order valence-corrected chi connectivity index (χ3v) is 8.80. The fourth-order valence-electron chi connectivity index (χ4n) is 5.75. The summed E-state index contributed by atoms with van der Waals surface area (Å²) in [6.45, 7) is 7.29. The minimum absolute atomic E-state index is 0.231. The maximum Gasteiger partial charge on any atom is 0.338 e. The normalized spacial score (nSPS) is 11.1. The van der Waals surface area contributed by atoms with Crippen LogP contribution in [-0.4, -0.2) is 25.2 Å². The molecule has 0 N–H and O–H groups in total. The standard InChI is InChI=1S/C40H66N2O4/c1-3-5-7-9-11-13-15-17-19-23-35-45-39(43)37-25-31-41(32-26-37)29-21-22-30-42-33-27-38(28-34-42)40(44)46-36-24-20-18-16-14-12-10-8-6-4-2/h25-28,31-34H,3-24,29-30,35-36H2,1-2H3/q+2. The highest BCUT2D eigenvalue weighted by atomic mass is 16.5. The van der Waals surface area contributed by atoms with Crippen LogP contribution in [0.5, 0.6) is 0 Å². The number of carbonyl (C=O) groups excluding carboxylic acids is 2. The van der Waals surface area contributed by atoms with Gasteiger partial charge in [0.25, 0.3) is 0 Å². The predicted octanol–water partition coefficient (Wildman–Crippen LogP) is 9.90. The number of aryl methyl sites for hydroxylation is 2. The molecule has 46 heavy (non-hydrogen) atoms.